The molecule has 158 valence electrons. The van der Waals surface area contributed by atoms with Crippen molar-refractivity contribution < 1.29 is 9.18 Å². The highest BCUT2D eigenvalue weighted by Crippen LogP contribution is 2.09. The number of piperazine rings is 1. The van der Waals surface area contributed by atoms with Crippen molar-refractivity contribution in [2.75, 3.05) is 39.3 Å². The Hall–Kier alpha value is -2.17. The van der Waals surface area contributed by atoms with E-state index in [1.165, 1.54) is 12.1 Å². The minimum absolute atomic E-state index is 0. The highest BCUT2D eigenvalue weighted by molar-refractivity contribution is 14.0. The molecule has 2 heterocycles. The van der Waals surface area contributed by atoms with E-state index in [-0.39, 0.29) is 35.7 Å². The van der Waals surface area contributed by atoms with Crippen LogP contribution in [0.5, 0.6) is 0 Å². The van der Waals surface area contributed by atoms with Gasteiger partial charge in [0.2, 0.25) is 5.91 Å². The molecule has 7 nitrogen and oxygen atoms in total. The van der Waals surface area contributed by atoms with Gasteiger partial charge in [-0.2, -0.15) is 5.10 Å². The van der Waals surface area contributed by atoms with Crippen LogP contribution >= 0.6 is 24.0 Å². The molecule has 0 atom stereocenters. The molecule has 29 heavy (non-hydrogen) atoms. The number of amides is 1. The van der Waals surface area contributed by atoms with Crippen molar-refractivity contribution in [2.45, 2.75) is 20.3 Å². The van der Waals surface area contributed by atoms with Crippen LogP contribution < -0.4 is 5.32 Å². The van der Waals surface area contributed by atoms with Gasteiger partial charge in [-0.25, -0.2) is 9.07 Å². The molecule has 1 aromatic heterocycles. The fourth-order valence-corrected chi connectivity index (χ4v) is 3.17. The maximum absolute atomic E-state index is 13.1. The number of nitrogens with zero attached hydrogens (tertiary/aromatic N) is 5. The number of hydrogen-bond donors (Lipinski definition) is 1. The molecule has 1 aliphatic rings. The maximum atomic E-state index is 13.1. The molecule has 1 aliphatic heterocycles. The predicted molar refractivity (Wildman–Crippen MR) is 122 cm³/mol. The third kappa shape index (κ3) is 6.41. The minimum Gasteiger partial charge on any atom is -0.357 e. The molecule has 0 spiro atoms. The lowest BCUT2D eigenvalue weighted by Crippen LogP contribution is -2.53. The van der Waals surface area contributed by atoms with Crippen molar-refractivity contribution in [3.63, 3.8) is 0 Å². The Morgan fingerprint density at radius 2 is 1.79 bits per heavy atom. The predicted octanol–water partition coefficient (Wildman–Crippen LogP) is 2.30. The molecule has 3 rings (SSSR count). The van der Waals surface area contributed by atoms with Gasteiger partial charge in [0.1, 0.15) is 5.82 Å². The SMILES string of the molecule is CCNC(=NCCc1ccn(-c2ccc(F)cc2)n1)N1CCN(C(C)=O)CC1.I. The topological polar surface area (TPSA) is 65.8 Å². The highest BCUT2D eigenvalue weighted by atomic mass is 127. The smallest absolute Gasteiger partial charge is 0.219 e. The number of aliphatic imine (C=N–C) groups is 1. The summed E-state index contributed by atoms with van der Waals surface area (Å²) in [7, 11) is 0. The van der Waals surface area contributed by atoms with E-state index >= 15 is 0 Å². The van der Waals surface area contributed by atoms with Crippen molar-refractivity contribution in [1.82, 2.24) is 24.9 Å². The summed E-state index contributed by atoms with van der Waals surface area (Å²) in [5.74, 6) is 0.743. The number of benzene rings is 1. The second-order valence-corrected chi connectivity index (χ2v) is 6.71. The molecule has 2 aromatic rings. The Morgan fingerprint density at radius 1 is 1.14 bits per heavy atom. The normalized spacial score (nSPS) is 14.5. The van der Waals surface area contributed by atoms with E-state index in [1.54, 1.807) is 23.7 Å². The molecule has 1 amide bonds. The van der Waals surface area contributed by atoms with Gasteiger partial charge in [-0.05, 0) is 37.3 Å². The molecule has 1 aromatic carbocycles. The van der Waals surface area contributed by atoms with Crippen LogP contribution in [-0.4, -0.2) is 70.7 Å². The molecular weight excluding hydrogens is 486 g/mol. The third-order valence-electron chi connectivity index (χ3n) is 4.72. The number of hydrogen-bond acceptors (Lipinski definition) is 3. The van der Waals surface area contributed by atoms with Crippen molar-refractivity contribution in [2.24, 2.45) is 4.99 Å². The van der Waals surface area contributed by atoms with Crippen molar-refractivity contribution in [3.8, 4) is 5.69 Å². The molecule has 0 unspecified atom stereocenters. The first-order chi connectivity index (χ1) is 13.6. The van der Waals surface area contributed by atoms with Gasteiger partial charge in [0, 0.05) is 58.8 Å². The Bertz CT molecular complexity index is 815. The summed E-state index contributed by atoms with van der Waals surface area (Å²) in [6.07, 6.45) is 2.59. The fourth-order valence-electron chi connectivity index (χ4n) is 3.17. The van der Waals surface area contributed by atoms with E-state index in [9.17, 15) is 9.18 Å². The molecular formula is C20H28FIN6O. The standard InChI is InChI=1S/C20H27FN6O.HI/c1-3-22-20(26-14-12-25(13-15-26)16(2)28)23-10-8-18-9-11-27(24-18)19-6-4-17(21)5-7-19;/h4-7,9,11H,3,8,10,12-15H2,1-2H3,(H,22,23);1H. The van der Waals surface area contributed by atoms with Crippen LogP contribution in [0, 0.1) is 5.82 Å². The molecule has 9 heteroatoms. The first-order valence-corrected chi connectivity index (χ1v) is 9.66. The van der Waals surface area contributed by atoms with Gasteiger partial charge in [-0.1, -0.05) is 0 Å². The van der Waals surface area contributed by atoms with Gasteiger partial charge in [-0.15, -0.1) is 24.0 Å². The zero-order valence-corrected chi connectivity index (χ0v) is 19.2. The Balaban J connectivity index is 0.00000300. The number of halogens is 2. The molecule has 0 bridgehead atoms. The summed E-state index contributed by atoms with van der Waals surface area (Å²) in [5.41, 5.74) is 1.76. The summed E-state index contributed by atoms with van der Waals surface area (Å²) < 4.78 is 14.8. The molecule has 1 saturated heterocycles. The van der Waals surface area contributed by atoms with Crippen molar-refractivity contribution >= 4 is 35.8 Å². The van der Waals surface area contributed by atoms with Crippen LogP contribution in [0.25, 0.3) is 5.69 Å². The summed E-state index contributed by atoms with van der Waals surface area (Å²) in [4.78, 5) is 20.3. The molecule has 1 N–H and O–H groups in total. The third-order valence-corrected chi connectivity index (χ3v) is 4.72. The zero-order valence-electron chi connectivity index (χ0n) is 16.8. The fraction of sp³-hybridized carbons (Fsp3) is 0.450. The van der Waals surface area contributed by atoms with Crippen molar-refractivity contribution in [1.29, 1.82) is 0 Å². The first-order valence-electron chi connectivity index (χ1n) is 9.66. The number of rotatable bonds is 5. The average molecular weight is 514 g/mol. The number of aromatic nitrogens is 2. The number of carbonyl (C=O) groups is 1. The van der Waals surface area contributed by atoms with Gasteiger partial charge < -0.3 is 15.1 Å². The monoisotopic (exact) mass is 514 g/mol. The second-order valence-electron chi connectivity index (χ2n) is 6.71. The van der Waals surface area contributed by atoms with Crippen LogP contribution in [0.15, 0.2) is 41.5 Å². The summed E-state index contributed by atoms with van der Waals surface area (Å²) in [6, 6.07) is 8.21. The number of guanidine groups is 1. The van der Waals surface area contributed by atoms with Gasteiger partial charge in [0.15, 0.2) is 5.96 Å². The van der Waals surface area contributed by atoms with Crippen LogP contribution in [-0.2, 0) is 11.2 Å². The lowest BCUT2D eigenvalue weighted by atomic mass is 10.3. The van der Waals surface area contributed by atoms with Gasteiger partial charge in [0.05, 0.1) is 11.4 Å². The van der Waals surface area contributed by atoms with Crippen molar-refractivity contribution in [3.05, 3.63) is 48.0 Å². The van der Waals surface area contributed by atoms with E-state index in [0.717, 1.165) is 56.5 Å². The quantitative estimate of drug-likeness (QED) is 0.378. The number of nitrogens with one attached hydrogen (secondary N) is 1. The lowest BCUT2D eigenvalue weighted by Gasteiger charge is -2.36. The maximum Gasteiger partial charge on any atom is 0.219 e. The Kier molecular flexibility index (Phi) is 8.87. The average Bonchev–Trinajstić information content (AvgIpc) is 3.17. The van der Waals surface area contributed by atoms with E-state index in [4.69, 9.17) is 4.99 Å². The van der Waals surface area contributed by atoms with E-state index in [1.807, 2.05) is 24.1 Å². The first kappa shape index (κ1) is 23.1. The van der Waals surface area contributed by atoms with Crippen LogP contribution in [0.2, 0.25) is 0 Å². The van der Waals surface area contributed by atoms with Crippen LogP contribution in [0.4, 0.5) is 4.39 Å². The molecule has 1 fully saturated rings. The van der Waals surface area contributed by atoms with Gasteiger partial charge in [-0.3, -0.25) is 9.79 Å². The zero-order chi connectivity index (χ0) is 19.9. The van der Waals surface area contributed by atoms with Gasteiger partial charge >= 0.3 is 0 Å². The molecule has 0 saturated carbocycles. The number of carbonyl (C=O) groups excluding carboxylic acids is 1. The second kappa shape index (κ2) is 11.1. The van der Waals surface area contributed by atoms with E-state index in [0.29, 0.717) is 6.54 Å². The summed E-state index contributed by atoms with van der Waals surface area (Å²) in [5, 5.41) is 7.87. The Labute approximate surface area is 188 Å². The Morgan fingerprint density at radius 3 is 2.41 bits per heavy atom. The van der Waals surface area contributed by atoms with E-state index in [2.05, 4.69) is 15.3 Å². The summed E-state index contributed by atoms with van der Waals surface area (Å²) in [6.45, 7) is 8.09. The van der Waals surface area contributed by atoms with E-state index < -0.39 is 0 Å². The lowest BCUT2D eigenvalue weighted by molar-refractivity contribution is -0.130. The van der Waals surface area contributed by atoms with Crippen LogP contribution in [0.1, 0.15) is 19.5 Å². The largest absolute Gasteiger partial charge is 0.357 e. The minimum atomic E-state index is -0.259. The molecule has 0 radical (unpaired) electrons. The molecule has 0 aliphatic carbocycles. The van der Waals surface area contributed by atoms with Crippen LogP contribution in [0.3, 0.4) is 0 Å². The summed E-state index contributed by atoms with van der Waals surface area (Å²) >= 11 is 0. The highest BCUT2D eigenvalue weighted by Gasteiger charge is 2.20. The van der Waals surface area contributed by atoms with Gasteiger partial charge in [0.25, 0.3) is 0 Å².